The lowest BCUT2D eigenvalue weighted by atomic mass is 10.2. The second-order valence-electron chi connectivity index (χ2n) is 4.59. The molecule has 0 spiro atoms. The van der Waals surface area contributed by atoms with Crippen molar-refractivity contribution >= 4 is 17.7 Å². The first-order chi connectivity index (χ1) is 8.91. The van der Waals surface area contributed by atoms with Gasteiger partial charge in [0, 0.05) is 26.2 Å². The molecule has 19 heavy (non-hydrogen) atoms. The number of nitrogens with zero attached hydrogens (tertiary/aromatic N) is 2. The molecule has 8 nitrogen and oxygen atoms in total. The Kier molecular flexibility index (Phi) is 5.71. The van der Waals surface area contributed by atoms with Crippen molar-refractivity contribution in [3.8, 4) is 0 Å². The molecule has 1 heterocycles. The van der Waals surface area contributed by atoms with Gasteiger partial charge in [-0.2, -0.15) is 0 Å². The van der Waals surface area contributed by atoms with Crippen molar-refractivity contribution in [3.63, 3.8) is 0 Å². The van der Waals surface area contributed by atoms with Gasteiger partial charge in [0.15, 0.2) is 0 Å². The van der Waals surface area contributed by atoms with Crippen LogP contribution in [0.2, 0.25) is 0 Å². The van der Waals surface area contributed by atoms with E-state index in [1.807, 2.05) is 4.90 Å². The zero-order valence-corrected chi connectivity index (χ0v) is 11.1. The topological polar surface area (TPSA) is 122 Å². The summed E-state index contributed by atoms with van der Waals surface area (Å²) in [5.74, 6) is -1.64. The van der Waals surface area contributed by atoms with Crippen LogP contribution in [0, 0.1) is 0 Å². The van der Waals surface area contributed by atoms with Gasteiger partial charge in [0.25, 0.3) is 0 Å². The fourth-order valence-electron chi connectivity index (χ4n) is 2.08. The highest BCUT2D eigenvalue weighted by Gasteiger charge is 2.28. The van der Waals surface area contributed by atoms with Gasteiger partial charge >= 0.3 is 0 Å². The third-order valence-corrected chi connectivity index (χ3v) is 3.06. The molecule has 1 aliphatic heterocycles. The van der Waals surface area contributed by atoms with Gasteiger partial charge in [0.2, 0.25) is 17.7 Å². The number of piperazine rings is 1. The van der Waals surface area contributed by atoms with Crippen molar-refractivity contribution in [2.24, 2.45) is 11.5 Å². The van der Waals surface area contributed by atoms with Crippen LogP contribution in [0.15, 0.2) is 0 Å². The van der Waals surface area contributed by atoms with Crippen LogP contribution in [0.5, 0.6) is 0 Å². The monoisotopic (exact) mass is 271 g/mol. The first-order valence-corrected chi connectivity index (χ1v) is 6.22. The van der Waals surface area contributed by atoms with Gasteiger partial charge in [-0.3, -0.25) is 19.3 Å². The Bertz CT molecular complexity index is 338. The van der Waals surface area contributed by atoms with E-state index in [1.165, 1.54) is 0 Å². The minimum Gasteiger partial charge on any atom is -0.368 e. The average Bonchev–Trinajstić information content (AvgIpc) is 2.36. The Balaban J connectivity index is 2.67. The molecule has 0 bridgehead atoms. The van der Waals surface area contributed by atoms with Gasteiger partial charge in [0.05, 0.1) is 19.1 Å². The van der Waals surface area contributed by atoms with Crippen molar-refractivity contribution in [2.75, 3.05) is 39.3 Å². The maximum atomic E-state index is 12.3. The molecule has 1 atom stereocenters. The quantitative estimate of drug-likeness (QED) is 0.478. The van der Waals surface area contributed by atoms with Crippen LogP contribution in [-0.4, -0.2) is 72.8 Å². The number of amides is 3. The predicted octanol–water partition coefficient (Wildman–Crippen LogP) is -2.92. The number of nitrogens with two attached hydrogens (primary N) is 2. The van der Waals surface area contributed by atoms with Crippen molar-refractivity contribution in [1.29, 1.82) is 0 Å². The summed E-state index contributed by atoms with van der Waals surface area (Å²) in [6.45, 7) is 4.27. The molecule has 0 aliphatic carbocycles. The Hall–Kier alpha value is -1.67. The third-order valence-electron chi connectivity index (χ3n) is 3.06. The van der Waals surface area contributed by atoms with E-state index in [0.717, 1.165) is 31.1 Å². The number of carbonyl (C=O) groups excluding carboxylic acids is 3. The standard InChI is InChI=1S/C11H21N5O3/c1-8(15-4-2-14-3-5-15)11(19)16(6-9(12)17)7-10(13)18/h8,14H,2-7H2,1H3,(H2,12,17)(H2,13,18). The first kappa shape index (κ1) is 15.4. The van der Waals surface area contributed by atoms with E-state index >= 15 is 0 Å². The third kappa shape index (κ3) is 4.84. The van der Waals surface area contributed by atoms with E-state index in [0.29, 0.717) is 0 Å². The first-order valence-electron chi connectivity index (χ1n) is 6.22. The van der Waals surface area contributed by atoms with Crippen molar-refractivity contribution in [3.05, 3.63) is 0 Å². The van der Waals surface area contributed by atoms with Crippen LogP contribution in [0.3, 0.4) is 0 Å². The van der Waals surface area contributed by atoms with E-state index < -0.39 is 17.9 Å². The Morgan fingerprint density at radius 3 is 2.05 bits per heavy atom. The molecule has 0 aromatic rings. The van der Waals surface area contributed by atoms with Gasteiger partial charge in [-0.1, -0.05) is 0 Å². The van der Waals surface area contributed by atoms with Gasteiger partial charge < -0.3 is 21.7 Å². The fraction of sp³-hybridized carbons (Fsp3) is 0.727. The normalized spacial score (nSPS) is 17.7. The van der Waals surface area contributed by atoms with Crippen molar-refractivity contribution in [2.45, 2.75) is 13.0 Å². The molecule has 1 fully saturated rings. The summed E-state index contributed by atoms with van der Waals surface area (Å²) in [5, 5.41) is 3.19. The maximum absolute atomic E-state index is 12.3. The molecule has 1 unspecified atom stereocenters. The van der Waals surface area contributed by atoms with Crippen LogP contribution in [0.1, 0.15) is 6.92 Å². The largest absolute Gasteiger partial charge is 0.368 e. The maximum Gasteiger partial charge on any atom is 0.240 e. The number of hydrogen-bond acceptors (Lipinski definition) is 5. The highest BCUT2D eigenvalue weighted by Crippen LogP contribution is 2.05. The highest BCUT2D eigenvalue weighted by atomic mass is 16.2. The molecule has 1 saturated heterocycles. The van der Waals surface area contributed by atoms with Crippen LogP contribution < -0.4 is 16.8 Å². The van der Waals surface area contributed by atoms with Crippen molar-refractivity contribution in [1.82, 2.24) is 15.1 Å². The van der Waals surface area contributed by atoms with Gasteiger partial charge in [0.1, 0.15) is 0 Å². The number of nitrogens with one attached hydrogen (secondary N) is 1. The van der Waals surface area contributed by atoms with Crippen LogP contribution >= 0.6 is 0 Å². The Morgan fingerprint density at radius 2 is 1.63 bits per heavy atom. The zero-order valence-electron chi connectivity index (χ0n) is 11.1. The Morgan fingerprint density at radius 1 is 1.16 bits per heavy atom. The molecule has 5 N–H and O–H groups in total. The molecule has 1 aliphatic rings. The smallest absolute Gasteiger partial charge is 0.240 e. The molecule has 0 aromatic heterocycles. The number of rotatable bonds is 6. The summed E-state index contributed by atoms with van der Waals surface area (Å²) in [5.41, 5.74) is 10.2. The SMILES string of the molecule is CC(C(=O)N(CC(N)=O)CC(N)=O)N1CCNCC1. The van der Waals surface area contributed by atoms with E-state index in [1.54, 1.807) is 6.92 Å². The Labute approximate surface area is 112 Å². The number of primary amides is 2. The van der Waals surface area contributed by atoms with Gasteiger partial charge in [-0.15, -0.1) is 0 Å². The lowest BCUT2D eigenvalue weighted by Crippen LogP contribution is -2.55. The molecule has 3 amide bonds. The van der Waals surface area contributed by atoms with E-state index in [2.05, 4.69) is 5.32 Å². The molecular weight excluding hydrogens is 250 g/mol. The molecule has 0 aromatic carbocycles. The summed E-state index contributed by atoms with van der Waals surface area (Å²) in [7, 11) is 0. The summed E-state index contributed by atoms with van der Waals surface area (Å²) in [6, 6.07) is -0.402. The lowest BCUT2D eigenvalue weighted by Gasteiger charge is -2.34. The van der Waals surface area contributed by atoms with E-state index in [-0.39, 0.29) is 19.0 Å². The fourth-order valence-corrected chi connectivity index (χ4v) is 2.08. The van der Waals surface area contributed by atoms with Crippen LogP contribution in [-0.2, 0) is 14.4 Å². The predicted molar refractivity (Wildman–Crippen MR) is 68.9 cm³/mol. The summed E-state index contributed by atoms with van der Waals surface area (Å²) in [6.07, 6.45) is 0. The van der Waals surface area contributed by atoms with E-state index in [9.17, 15) is 14.4 Å². The zero-order chi connectivity index (χ0) is 14.4. The van der Waals surface area contributed by atoms with Crippen LogP contribution in [0.25, 0.3) is 0 Å². The molecule has 108 valence electrons. The van der Waals surface area contributed by atoms with Crippen molar-refractivity contribution < 1.29 is 14.4 Å². The molecule has 1 rings (SSSR count). The summed E-state index contributed by atoms with van der Waals surface area (Å²) in [4.78, 5) is 37.3. The summed E-state index contributed by atoms with van der Waals surface area (Å²) >= 11 is 0. The molecule has 8 heteroatoms. The van der Waals surface area contributed by atoms with Gasteiger partial charge in [-0.05, 0) is 6.92 Å². The van der Waals surface area contributed by atoms with Crippen LogP contribution in [0.4, 0.5) is 0 Å². The highest BCUT2D eigenvalue weighted by molar-refractivity contribution is 5.90. The van der Waals surface area contributed by atoms with E-state index in [4.69, 9.17) is 11.5 Å². The number of hydrogen-bond donors (Lipinski definition) is 3. The minimum absolute atomic E-state index is 0.293. The number of carbonyl (C=O) groups is 3. The van der Waals surface area contributed by atoms with Gasteiger partial charge in [-0.25, -0.2) is 0 Å². The molecule has 0 saturated carbocycles. The lowest BCUT2D eigenvalue weighted by molar-refractivity contribution is -0.142. The second-order valence-corrected chi connectivity index (χ2v) is 4.59. The average molecular weight is 271 g/mol. The second kappa shape index (κ2) is 7.05. The minimum atomic E-state index is -0.665. The molecular formula is C11H21N5O3. The summed E-state index contributed by atoms with van der Waals surface area (Å²) < 4.78 is 0. The molecule has 0 radical (unpaired) electrons.